The van der Waals surface area contributed by atoms with Gasteiger partial charge in [0.15, 0.2) is 0 Å². The number of rotatable bonds is 0. The first kappa shape index (κ1) is 10.9. The van der Waals surface area contributed by atoms with Crippen LogP contribution in [-0.4, -0.2) is 0 Å². The Morgan fingerprint density at radius 1 is 0.611 bits per heavy atom. The molecule has 3 rings (SSSR count). The van der Waals surface area contributed by atoms with Crippen LogP contribution < -0.4 is 21.2 Å². The van der Waals surface area contributed by atoms with Crippen LogP contribution >= 0.6 is 0 Å². The zero-order valence-electron chi connectivity index (χ0n) is 10.5. The first-order chi connectivity index (χ1) is 8.75. The van der Waals surface area contributed by atoms with E-state index in [1.54, 1.807) is 0 Å². The number of hydrogen-bond donors (Lipinski definition) is 0. The minimum atomic E-state index is 0.991. The molecule has 2 aromatic carbocycles. The fourth-order valence-corrected chi connectivity index (χ4v) is 2.24. The maximum absolute atomic E-state index is 4.73. The molecule has 2 heteroatoms. The summed E-state index contributed by atoms with van der Waals surface area (Å²) in [5, 5.41) is 4.19. The van der Waals surface area contributed by atoms with E-state index in [0.717, 1.165) is 32.5 Å². The minimum Gasteiger partial charge on any atom is -0.252 e. The summed E-state index contributed by atoms with van der Waals surface area (Å²) >= 11 is 0. The number of para-hydroxylation sites is 2. The molecule has 0 radical (unpaired) electrons. The van der Waals surface area contributed by atoms with Gasteiger partial charge in [-0.25, -0.2) is 0 Å². The van der Waals surface area contributed by atoms with E-state index >= 15 is 0 Å². The summed E-state index contributed by atoms with van der Waals surface area (Å²) in [4.78, 5) is 9.45. The third-order valence-electron chi connectivity index (χ3n) is 3.16. The Hall–Kier alpha value is -2.22. The Labute approximate surface area is 105 Å². The molecule has 0 unspecified atom stereocenters. The van der Waals surface area contributed by atoms with Gasteiger partial charge < -0.3 is 0 Å². The maximum Gasteiger partial charge on any atom is 0.0723 e. The van der Waals surface area contributed by atoms with Gasteiger partial charge in [-0.2, -0.15) is 0 Å². The van der Waals surface area contributed by atoms with Crippen LogP contribution in [0.1, 0.15) is 13.8 Å². The van der Waals surface area contributed by atoms with E-state index < -0.39 is 0 Å². The summed E-state index contributed by atoms with van der Waals surface area (Å²) in [6.07, 6.45) is 0. The Morgan fingerprint density at radius 2 is 1.00 bits per heavy atom. The molecule has 0 saturated heterocycles. The average Bonchev–Trinajstić information content (AvgIpc) is 2.38. The van der Waals surface area contributed by atoms with Crippen LogP contribution in [0.15, 0.2) is 58.5 Å². The van der Waals surface area contributed by atoms with Gasteiger partial charge in [0.1, 0.15) is 0 Å². The number of nitrogens with zero attached hydrogens (tertiary/aromatic N) is 2. The lowest BCUT2D eigenvalue weighted by Gasteiger charge is -2.01. The second kappa shape index (κ2) is 4.22. The molecule has 0 bridgehead atoms. The summed E-state index contributed by atoms with van der Waals surface area (Å²) in [5.41, 5.74) is 2.02. The normalized spacial score (nSPS) is 23.4. The molecule has 18 heavy (non-hydrogen) atoms. The average molecular weight is 234 g/mol. The van der Waals surface area contributed by atoms with Crippen LogP contribution in [0.2, 0.25) is 0 Å². The Morgan fingerprint density at radius 3 is 1.44 bits per heavy atom. The third kappa shape index (κ3) is 1.76. The Balaban J connectivity index is 2.58. The fraction of sp³-hybridized carbons (Fsp3) is 0.125. The van der Waals surface area contributed by atoms with Crippen molar-refractivity contribution >= 4 is 11.4 Å². The van der Waals surface area contributed by atoms with Gasteiger partial charge in [0.25, 0.3) is 0 Å². The van der Waals surface area contributed by atoms with Crippen molar-refractivity contribution in [2.75, 3.05) is 0 Å². The lowest BCUT2D eigenvalue weighted by molar-refractivity contribution is 1.19. The zero-order chi connectivity index (χ0) is 12.5. The highest BCUT2D eigenvalue weighted by Gasteiger charge is 1.98. The predicted molar refractivity (Wildman–Crippen MR) is 72.6 cm³/mol. The predicted octanol–water partition coefficient (Wildman–Crippen LogP) is 0.896. The van der Waals surface area contributed by atoms with Gasteiger partial charge >= 0.3 is 0 Å². The molecular formula is C16H14N2. The second-order valence-corrected chi connectivity index (χ2v) is 4.43. The molecule has 1 heterocycles. The van der Waals surface area contributed by atoms with E-state index in [-0.39, 0.29) is 0 Å². The van der Waals surface area contributed by atoms with E-state index in [0.29, 0.717) is 0 Å². The molecule has 0 aromatic heterocycles. The molecule has 0 atom stereocenters. The van der Waals surface area contributed by atoms with Gasteiger partial charge in [-0.1, -0.05) is 36.4 Å². The van der Waals surface area contributed by atoms with Gasteiger partial charge in [-0.3, -0.25) is 9.98 Å². The molecule has 88 valence electrons. The minimum absolute atomic E-state index is 0.991. The van der Waals surface area contributed by atoms with Crippen LogP contribution in [0.4, 0.5) is 0 Å². The van der Waals surface area contributed by atoms with Crippen molar-refractivity contribution in [2.45, 2.75) is 13.8 Å². The summed E-state index contributed by atoms with van der Waals surface area (Å²) in [6.45, 7) is 4.07. The molecule has 0 aliphatic carbocycles. The first-order valence-electron chi connectivity index (χ1n) is 6.05. The number of hydrogen-bond acceptors (Lipinski definition) is 2. The first-order valence-corrected chi connectivity index (χ1v) is 6.05. The van der Waals surface area contributed by atoms with Crippen LogP contribution in [0.3, 0.4) is 0 Å². The summed E-state index contributed by atoms with van der Waals surface area (Å²) in [5.74, 6) is 0. The smallest absolute Gasteiger partial charge is 0.0723 e. The fourth-order valence-electron chi connectivity index (χ4n) is 2.24. The maximum atomic E-state index is 4.73. The van der Waals surface area contributed by atoms with E-state index in [2.05, 4.69) is 12.1 Å². The standard InChI is InChI=1S/C16H14N2/c1-11-13-7-3-5-9-15(13)18-12(2)14-8-4-6-10-16(14)17-11/h3-10H,1-2H3/b13-11-,14-12-,17-11?,17-16+,18-12?,18-15+. The molecular weight excluding hydrogens is 220 g/mol. The topological polar surface area (TPSA) is 24.7 Å². The van der Waals surface area contributed by atoms with Gasteiger partial charge in [0, 0.05) is 21.8 Å². The molecule has 0 N–H and O–H groups in total. The third-order valence-corrected chi connectivity index (χ3v) is 3.16. The van der Waals surface area contributed by atoms with E-state index in [1.807, 2.05) is 50.2 Å². The highest BCUT2D eigenvalue weighted by Crippen LogP contribution is 1.94. The molecule has 2 aromatic rings. The Bertz CT molecular complexity index is 772. The SMILES string of the molecule is CC1=c2\cccc\c2=N/C(C)=c2/cccc/c2=N\1. The summed E-state index contributed by atoms with van der Waals surface area (Å²) in [7, 11) is 0. The van der Waals surface area contributed by atoms with Crippen molar-refractivity contribution in [1.29, 1.82) is 0 Å². The van der Waals surface area contributed by atoms with E-state index in [4.69, 9.17) is 9.98 Å². The molecule has 0 amide bonds. The molecule has 1 aliphatic heterocycles. The van der Waals surface area contributed by atoms with Gasteiger partial charge in [-0.05, 0) is 26.0 Å². The monoisotopic (exact) mass is 234 g/mol. The molecule has 0 fully saturated rings. The van der Waals surface area contributed by atoms with Crippen molar-refractivity contribution in [3.05, 3.63) is 69.7 Å². The lowest BCUT2D eigenvalue weighted by atomic mass is 10.2. The van der Waals surface area contributed by atoms with Gasteiger partial charge in [0.2, 0.25) is 0 Å². The molecule has 0 spiro atoms. The van der Waals surface area contributed by atoms with Crippen LogP contribution in [-0.2, 0) is 0 Å². The van der Waals surface area contributed by atoms with Crippen LogP contribution in [0.25, 0.3) is 11.4 Å². The second-order valence-electron chi connectivity index (χ2n) is 4.43. The van der Waals surface area contributed by atoms with Crippen molar-refractivity contribution in [3.8, 4) is 0 Å². The van der Waals surface area contributed by atoms with E-state index in [9.17, 15) is 0 Å². The molecule has 2 nitrogen and oxygen atoms in total. The van der Waals surface area contributed by atoms with Gasteiger partial charge in [0.05, 0.1) is 10.7 Å². The highest BCUT2D eigenvalue weighted by atomic mass is 14.8. The quantitative estimate of drug-likeness (QED) is 0.647. The van der Waals surface area contributed by atoms with Crippen molar-refractivity contribution in [3.63, 3.8) is 0 Å². The number of benzene rings is 2. The van der Waals surface area contributed by atoms with Gasteiger partial charge in [-0.15, -0.1) is 0 Å². The van der Waals surface area contributed by atoms with Crippen molar-refractivity contribution in [2.24, 2.45) is 9.98 Å². The Kier molecular flexibility index (Phi) is 2.56. The van der Waals surface area contributed by atoms with Crippen LogP contribution in [0, 0.1) is 0 Å². The highest BCUT2D eigenvalue weighted by molar-refractivity contribution is 5.46. The summed E-state index contributed by atoms with van der Waals surface area (Å²) < 4.78 is 0. The van der Waals surface area contributed by atoms with E-state index in [1.165, 1.54) is 0 Å². The molecule has 1 aliphatic rings. The zero-order valence-corrected chi connectivity index (χ0v) is 10.5. The van der Waals surface area contributed by atoms with Crippen molar-refractivity contribution < 1.29 is 0 Å². The lowest BCUT2D eigenvalue weighted by Crippen LogP contribution is -2.33. The van der Waals surface area contributed by atoms with Crippen LogP contribution in [0.5, 0.6) is 0 Å². The molecule has 0 saturated carbocycles. The summed E-state index contributed by atoms with van der Waals surface area (Å²) in [6, 6.07) is 16.3. The number of fused-ring (bicyclic) bond motifs is 2. The van der Waals surface area contributed by atoms with Crippen molar-refractivity contribution in [1.82, 2.24) is 0 Å². The largest absolute Gasteiger partial charge is 0.252 e.